The lowest BCUT2D eigenvalue weighted by Gasteiger charge is -2.34. The molecule has 2 fully saturated rings. The fourth-order valence-corrected chi connectivity index (χ4v) is 5.91. The molecule has 1 N–H and O–H groups in total. The van der Waals surface area contributed by atoms with E-state index in [1.54, 1.807) is 32.6 Å². The number of hydrogen-bond acceptors (Lipinski definition) is 4. The lowest BCUT2D eigenvalue weighted by atomic mass is 9.71. The van der Waals surface area contributed by atoms with Crippen LogP contribution in [0.1, 0.15) is 56.7 Å². The summed E-state index contributed by atoms with van der Waals surface area (Å²) in [4.78, 5) is 29.2. The van der Waals surface area contributed by atoms with Gasteiger partial charge in [0.2, 0.25) is 5.91 Å². The van der Waals surface area contributed by atoms with Crippen LogP contribution in [0.5, 0.6) is 0 Å². The first-order valence-corrected chi connectivity index (χ1v) is 13.7. The van der Waals surface area contributed by atoms with Gasteiger partial charge in [-0.15, -0.1) is 0 Å². The average molecular weight is 619 g/mol. The zero-order valence-electron chi connectivity index (χ0n) is 24.0. The van der Waals surface area contributed by atoms with Crippen molar-refractivity contribution < 1.29 is 50.2 Å². The van der Waals surface area contributed by atoms with Crippen LogP contribution in [-0.2, 0) is 20.5 Å². The number of halogens is 7. The van der Waals surface area contributed by atoms with Crippen LogP contribution in [-0.4, -0.2) is 71.0 Å². The molecule has 2 aliphatic heterocycles. The molecule has 236 valence electrons. The largest absolute Gasteiger partial charge is 0.444 e. The van der Waals surface area contributed by atoms with Gasteiger partial charge < -0.3 is 19.6 Å². The molecule has 0 aliphatic carbocycles. The Hall–Kier alpha value is -3.35. The van der Waals surface area contributed by atoms with E-state index >= 15 is 0 Å². The highest BCUT2D eigenvalue weighted by Gasteiger charge is 2.71. The third kappa shape index (κ3) is 6.18. The molecule has 2 aromatic rings. The molecule has 0 aromatic heterocycles. The minimum atomic E-state index is -6.03. The first-order chi connectivity index (χ1) is 19.7. The molecule has 0 radical (unpaired) electrons. The summed E-state index contributed by atoms with van der Waals surface area (Å²) in [5.41, 5.74) is -7.14. The van der Waals surface area contributed by atoms with E-state index < -0.39 is 58.3 Å². The van der Waals surface area contributed by atoms with Crippen LogP contribution in [0, 0.1) is 11.7 Å². The van der Waals surface area contributed by atoms with Crippen molar-refractivity contribution in [3.63, 3.8) is 0 Å². The van der Waals surface area contributed by atoms with Gasteiger partial charge in [0.25, 0.3) is 5.60 Å². The quantitative estimate of drug-likeness (QED) is 0.410. The van der Waals surface area contributed by atoms with E-state index in [2.05, 4.69) is 0 Å². The summed E-state index contributed by atoms with van der Waals surface area (Å²) >= 11 is 0. The molecule has 43 heavy (non-hydrogen) atoms. The van der Waals surface area contributed by atoms with E-state index in [9.17, 15) is 45.4 Å². The number of amides is 2. The van der Waals surface area contributed by atoms with Crippen molar-refractivity contribution in [3.8, 4) is 0 Å². The molecule has 2 aliphatic rings. The number of rotatable bonds is 4. The second kappa shape index (κ2) is 11.0. The van der Waals surface area contributed by atoms with E-state index in [1.807, 2.05) is 0 Å². The SMILES string of the molecule is CC(C)(C)OC(=O)N1CCC(C(=O)N2C[C@@H](c3ccc(C(O)(C(F)(F)F)C(F)(F)F)cc3)[C@@](C)(c3ccc(F)cc3)C2)C1. The molecular formula is C30H33F7N2O4. The molecule has 13 heteroatoms. The fourth-order valence-electron chi connectivity index (χ4n) is 5.91. The number of benzene rings is 2. The topological polar surface area (TPSA) is 70.1 Å². The standard InChI is InChI=1S/C30H33F7N2O4/c1-26(2,3)43-25(41)38-14-13-19(15-38)24(40)39-16-23(27(4,17-39)20-9-11-22(31)12-10-20)18-5-7-21(8-6-18)28(42,29(32,33)34)30(35,36)37/h5-12,19,23,42H,13-17H2,1-4H3/t19?,23-,27+/m0/s1. The Morgan fingerprint density at radius 3 is 1.95 bits per heavy atom. The zero-order valence-corrected chi connectivity index (χ0v) is 24.0. The number of carbonyl (C=O) groups is 2. The van der Waals surface area contributed by atoms with Crippen LogP contribution in [0.2, 0.25) is 0 Å². The van der Waals surface area contributed by atoms with Crippen molar-refractivity contribution in [1.82, 2.24) is 9.80 Å². The van der Waals surface area contributed by atoms with Gasteiger partial charge in [0.1, 0.15) is 11.4 Å². The van der Waals surface area contributed by atoms with Gasteiger partial charge in [0, 0.05) is 43.1 Å². The minimum Gasteiger partial charge on any atom is -0.444 e. The molecule has 0 bridgehead atoms. The molecule has 2 saturated heterocycles. The Morgan fingerprint density at radius 2 is 1.44 bits per heavy atom. The number of alkyl halides is 6. The third-order valence-electron chi connectivity index (χ3n) is 8.25. The first-order valence-electron chi connectivity index (χ1n) is 13.7. The maximum atomic E-state index is 13.8. The number of aliphatic hydroxyl groups is 1. The van der Waals surface area contributed by atoms with Crippen LogP contribution >= 0.6 is 0 Å². The van der Waals surface area contributed by atoms with Crippen LogP contribution in [0.3, 0.4) is 0 Å². The van der Waals surface area contributed by atoms with Crippen LogP contribution in [0.4, 0.5) is 35.5 Å². The normalized spacial score (nSPS) is 23.5. The fraction of sp³-hybridized carbons (Fsp3) is 0.533. The van der Waals surface area contributed by atoms with E-state index in [0.29, 0.717) is 36.2 Å². The van der Waals surface area contributed by atoms with Gasteiger partial charge in [-0.3, -0.25) is 4.79 Å². The van der Waals surface area contributed by atoms with Gasteiger partial charge in [-0.1, -0.05) is 43.3 Å². The molecule has 0 saturated carbocycles. The van der Waals surface area contributed by atoms with Crippen molar-refractivity contribution in [2.24, 2.45) is 5.92 Å². The highest BCUT2D eigenvalue weighted by molar-refractivity contribution is 5.81. The summed E-state index contributed by atoms with van der Waals surface area (Å²) in [6, 6.07) is 8.84. The maximum Gasteiger partial charge on any atom is 0.430 e. The van der Waals surface area contributed by atoms with E-state index in [0.717, 1.165) is 12.1 Å². The number of ether oxygens (including phenoxy) is 1. The van der Waals surface area contributed by atoms with E-state index in [1.165, 1.54) is 29.2 Å². The van der Waals surface area contributed by atoms with Gasteiger partial charge >= 0.3 is 18.4 Å². The Morgan fingerprint density at radius 1 is 0.884 bits per heavy atom. The van der Waals surface area contributed by atoms with Crippen molar-refractivity contribution in [2.75, 3.05) is 26.2 Å². The second-order valence-corrected chi connectivity index (χ2v) is 12.4. The zero-order chi connectivity index (χ0) is 32.2. The maximum absolute atomic E-state index is 13.8. The third-order valence-corrected chi connectivity index (χ3v) is 8.25. The highest BCUT2D eigenvalue weighted by atomic mass is 19.4. The Bertz CT molecular complexity index is 1320. The van der Waals surface area contributed by atoms with Gasteiger partial charge in [-0.2, -0.15) is 26.3 Å². The number of nitrogens with zero attached hydrogens (tertiary/aromatic N) is 2. The van der Waals surface area contributed by atoms with E-state index in [-0.39, 0.29) is 25.5 Å². The molecule has 1 unspecified atom stereocenters. The molecule has 0 spiro atoms. The van der Waals surface area contributed by atoms with Crippen LogP contribution < -0.4 is 0 Å². The minimum absolute atomic E-state index is 0.0673. The van der Waals surface area contributed by atoms with Gasteiger partial charge in [0.05, 0.1) is 5.92 Å². The predicted molar refractivity (Wildman–Crippen MR) is 141 cm³/mol. The molecule has 2 amide bonds. The summed E-state index contributed by atoms with van der Waals surface area (Å²) in [6.45, 7) is 7.59. The number of carbonyl (C=O) groups excluding carboxylic acids is 2. The molecule has 6 nitrogen and oxygen atoms in total. The van der Waals surface area contributed by atoms with Crippen molar-refractivity contribution in [3.05, 3.63) is 71.0 Å². The monoisotopic (exact) mass is 618 g/mol. The predicted octanol–water partition coefficient (Wildman–Crippen LogP) is 6.28. The molecule has 3 atom stereocenters. The average Bonchev–Trinajstić information content (AvgIpc) is 3.52. The lowest BCUT2D eigenvalue weighted by molar-refractivity contribution is -0.376. The van der Waals surface area contributed by atoms with Gasteiger partial charge in [0.15, 0.2) is 0 Å². The first kappa shape index (κ1) is 32.6. The Labute approximate surface area is 244 Å². The summed E-state index contributed by atoms with van der Waals surface area (Å²) in [7, 11) is 0. The summed E-state index contributed by atoms with van der Waals surface area (Å²) < 4.78 is 99.8. The Kier molecular flexibility index (Phi) is 8.31. The summed E-state index contributed by atoms with van der Waals surface area (Å²) in [5, 5.41) is 9.80. The smallest absolute Gasteiger partial charge is 0.430 e. The lowest BCUT2D eigenvalue weighted by Crippen LogP contribution is -2.53. The number of hydrogen-bond donors (Lipinski definition) is 1. The van der Waals surface area contributed by atoms with Crippen LogP contribution in [0.15, 0.2) is 48.5 Å². The van der Waals surface area contributed by atoms with E-state index in [4.69, 9.17) is 4.74 Å². The summed E-state index contributed by atoms with van der Waals surface area (Å²) in [5.74, 6) is -1.92. The van der Waals surface area contributed by atoms with Gasteiger partial charge in [-0.05, 0) is 50.5 Å². The van der Waals surface area contributed by atoms with Crippen molar-refractivity contribution in [2.45, 2.75) is 69.0 Å². The molecule has 4 rings (SSSR count). The van der Waals surface area contributed by atoms with Crippen LogP contribution in [0.25, 0.3) is 0 Å². The Balaban J connectivity index is 1.64. The van der Waals surface area contributed by atoms with Crippen molar-refractivity contribution >= 4 is 12.0 Å². The van der Waals surface area contributed by atoms with Crippen molar-refractivity contribution in [1.29, 1.82) is 0 Å². The number of likely N-dealkylation sites (tertiary alicyclic amines) is 2. The summed E-state index contributed by atoms with van der Waals surface area (Å²) in [6.07, 6.45) is -12.2. The highest BCUT2D eigenvalue weighted by Crippen LogP contribution is 2.51. The van der Waals surface area contributed by atoms with Gasteiger partial charge in [-0.25, -0.2) is 9.18 Å². The molecule has 2 heterocycles. The molecular weight excluding hydrogens is 585 g/mol. The molecule has 2 aromatic carbocycles. The second-order valence-electron chi connectivity index (χ2n) is 12.4.